The molecule has 1 aliphatic heterocycles. The minimum Gasteiger partial charge on any atom is -0.384 e. The van der Waals surface area contributed by atoms with E-state index in [1.807, 2.05) is 30.8 Å². The number of thioether (sulfide) groups is 1. The van der Waals surface area contributed by atoms with Crippen LogP contribution in [0.2, 0.25) is 0 Å². The molecule has 0 aromatic heterocycles. The number of nitrogens with one attached hydrogen (secondary N) is 1. The van der Waals surface area contributed by atoms with Crippen LogP contribution in [0.4, 0.5) is 0 Å². The Morgan fingerprint density at radius 2 is 2.19 bits per heavy atom. The molecule has 0 spiro atoms. The van der Waals surface area contributed by atoms with E-state index in [-0.39, 0.29) is 12.5 Å². The van der Waals surface area contributed by atoms with Gasteiger partial charge in [-0.3, -0.25) is 4.79 Å². The summed E-state index contributed by atoms with van der Waals surface area (Å²) in [7, 11) is 0. The summed E-state index contributed by atoms with van der Waals surface area (Å²) in [5, 5.41) is 11.8. The van der Waals surface area contributed by atoms with Crippen molar-refractivity contribution in [2.45, 2.75) is 19.8 Å². The maximum atomic E-state index is 12.3. The summed E-state index contributed by atoms with van der Waals surface area (Å²) in [6.45, 7) is 2.51. The SMILES string of the molecule is Cc1ccc(C#CCO)cc1C(=O)NCC1CCSCC1. The zero-order valence-corrected chi connectivity index (χ0v) is 13.1. The Balaban J connectivity index is 2.00. The molecule has 0 atom stereocenters. The van der Waals surface area contributed by atoms with Crippen molar-refractivity contribution in [2.24, 2.45) is 5.92 Å². The van der Waals surface area contributed by atoms with Crippen LogP contribution in [0, 0.1) is 24.7 Å². The highest BCUT2D eigenvalue weighted by atomic mass is 32.2. The molecule has 21 heavy (non-hydrogen) atoms. The van der Waals surface area contributed by atoms with Gasteiger partial charge in [-0.1, -0.05) is 17.9 Å². The molecule has 0 aliphatic carbocycles. The van der Waals surface area contributed by atoms with E-state index in [1.54, 1.807) is 6.07 Å². The summed E-state index contributed by atoms with van der Waals surface area (Å²) in [4.78, 5) is 12.3. The number of carbonyl (C=O) groups excluding carboxylic acids is 1. The molecule has 1 amide bonds. The van der Waals surface area contributed by atoms with Crippen molar-refractivity contribution in [3.63, 3.8) is 0 Å². The molecule has 1 aromatic rings. The number of carbonyl (C=O) groups is 1. The molecule has 2 N–H and O–H groups in total. The predicted molar refractivity (Wildman–Crippen MR) is 87.5 cm³/mol. The highest BCUT2D eigenvalue weighted by Gasteiger charge is 2.16. The molecule has 3 nitrogen and oxygen atoms in total. The first-order valence-electron chi connectivity index (χ1n) is 7.27. The Morgan fingerprint density at radius 1 is 1.43 bits per heavy atom. The highest BCUT2D eigenvalue weighted by Crippen LogP contribution is 2.22. The van der Waals surface area contributed by atoms with E-state index in [9.17, 15) is 4.79 Å². The number of amides is 1. The lowest BCUT2D eigenvalue weighted by Gasteiger charge is -2.21. The second kappa shape index (κ2) is 8.11. The molecule has 0 unspecified atom stereocenters. The Bertz CT molecular complexity index is 554. The molecule has 1 heterocycles. The minimum atomic E-state index is -0.172. The first-order chi connectivity index (χ1) is 10.2. The fraction of sp³-hybridized carbons (Fsp3) is 0.471. The van der Waals surface area contributed by atoms with Gasteiger partial charge >= 0.3 is 0 Å². The molecule has 0 radical (unpaired) electrons. The minimum absolute atomic E-state index is 0.0293. The van der Waals surface area contributed by atoms with Crippen LogP contribution in [0.15, 0.2) is 18.2 Å². The van der Waals surface area contributed by atoms with Gasteiger partial charge < -0.3 is 10.4 Å². The Hall–Kier alpha value is -1.44. The number of aliphatic hydroxyl groups is 1. The fourth-order valence-electron chi connectivity index (χ4n) is 2.37. The molecule has 0 saturated carbocycles. The smallest absolute Gasteiger partial charge is 0.251 e. The average molecular weight is 303 g/mol. The zero-order valence-electron chi connectivity index (χ0n) is 12.3. The number of hydrogen-bond donors (Lipinski definition) is 2. The molecular formula is C17H21NO2S. The lowest BCUT2D eigenvalue weighted by Crippen LogP contribution is -2.31. The molecule has 4 heteroatoms. The van der Waals surface area contributed by atoms with Crippen LogP contribution < -0.4 is 5.32 Å². The maximum Gasteiger partial charge on any atom is 0.251 e. The second-order valence-corrected chi connectivity index (χ2v) is 6.48. The highest BCUT2D eigenvalue weighted by molar-refractivity contribution is 7.99. The molecule has 0 bridgehead atoms. The summed E-state index contributed by atoms with van der Waals surface area (Å²) in [6, 6.07) is 5.56. The summed E-state index contributed by atoms with van der Waals surface area (Å²) < 4.78 is 0. The van der Waals surface area contributed by atoms with Crippen molar-refractivity contribution < 1.29 is 9.90 Å². The third kappa shape index (κ3) is 4.80. The Morgan fingerprint density at radius 3 is 2.90 bits per heavy atom. The maximum absolute atomic E-state index is 12.3. The number of rotatable bonds is 3. The van der Waals surface area contributed by atoms with Crippen molar-refractivity contribution in [1.82, 2.24) is 5.32 Å². The largest absolute Gasteiger partial charge is 0.384 e. The van der Waals surface area contributed by atoms with Gasteiger partial charge in [-0.05, 0) is 54.9 Å². The van der Waals surface area contributed by atoms with E-state index in [2.05, 4.69) is 17.2 Å². The standard InChI is InChI=1S/C17H21NO2S/c1-13-4-5-14(3-2-8-19)11-16(13)17(20)18-12-15-6-9-21-10-7-15/h4-5,11,15,19H,6-10,12H2,1H3,(H,18,20). The van der Waals surface area contributed by atoms with E-state index in [0.29, 0.717) is 11.5 Å². The van der Waals surface area contributed by atoms with Crippen molar-refractivity contribution in [3.05, 3.63) is 34.9 Å². The number of benzene rings is 1. The van der Waals surface area contributed by atoms with Gasteiger partial charge in [-0.2, -0.15) is 11.8 Å². The second-order valence-electron chi connectivity index (χ2n) is 5.26. The van der Waals surface area contributed by atoms with Gasteiger partial charge in [0.2, 0.25) is 0 Å². The quantitative estimate of drug-likeness (QED) is 0.842. The number of hydrogen-bond acceptors (Lipinski definition) is 3. The van der Waals surface area contributed by atoms with Crippen molar-refractivity contribution in [1.29, 1.82) is 0 Å². The van der Waals surface area contributed by atoms with Gasteiger partial charge in [0.1, 0.15) is 6.61 Å². The van der Waals surface area contributed by atoms with Gasteiger partial charge in [0, 0.05) is 17.7 Å². The van der Waals surface area contributed by atoms with E-state index >= 15 is 0 Å². The monoisotopic (exact) mass is 303 g/mol. The third-order valence-electron chi connectivity index (χ3n) is 3.69. The van der Waals surface area contributed by atoms with Crippen LogP contribution in [-0.4, -0.2) is 35.7 Å². The Labute approximate surface area is 130 Å². The van der Waals surface area contributed by atoms with Gasteiger partial charge in [0.15, 0.2) is 0 Å². The molecule has 1 aromatic carbocycles. The van der Waals surface area contributed by atoms with Gasteiger partial charge in [0.05, 0.1) is 0 Å². The first-order valence-corrected chi connectivity index (χ1v) is 8.42. The molecule has 1 saturated heterocycles. The summed E-state index contributed by atoms with van der Waals surface area (Å²) >= 11 is 1.99. The van der Waals surface area contributed by atoms with Crippen LogP contribution in [0.5, 0.6) is 0 Å². The molecule has 112 valence electrons. The third-order valence-corrected chi connectivity index (χ3v) is 4.73. The fourth-order valence-corrected chi connectivity index (χ4v) is 3.57. The molecule has 1 fully saturated rings. The van der Waals surface area contributed by atoms with Crippen LogP contribution in [-0.2, 0) is 0 Å². The van der Waals surface area contributed by atoms with Crippen LogP contribution in [0.1, 0.15) is 34.3 Å². The van der Waals surface area contributed by atoms with Crippen LogP contribution in [0.3, 0.4) is 0 Å². The summed E-state index contributed by atoms with van der Waals surface area (Å²) in [5.41, 5.74) is 2.38. The molecule has 2 rings (SSSR count). The van der Waals surface area contributed by atoms with Gasteiger partial charge in [-0.15, -0.1) is 0 Å². The number of aryl methyl sites for hydroxylation is 1. The summed E-state index contributed by atoms with van der Waals surface area (Å²) in [6.07, 6.45) is 2.37. The summed E-state index contributed by atoms with van der Waals surface area (Å²) in [5.74, 6) is 8.42. The number of aliphatic hydroxyl groups excluding tert-OH is 1. The van der Waals surface area contributed by atoms with Crippen LogP contribution in [0.25, 0.3) is 0 Å². The van der Waals surface area contributed by atoms with Crippen molar-refractivity contribution in [3.8, 4) is 11.8 Å². The predicted octanol–water partition coefficient (Wildman–Crippen LogP) is 2.21. The molecule has 1 aliphatic rings. The first kappa shape index (κ1) is 15.9. The van der Waals surface area contributed by atoms with E-state index in [1.165, 1.54) is 24.3 Å². The lowest BCUT2D eigenvalue weighted by atomic mass is 10.0. The van der Waals surface area contributed by atoms with Crippen LogP contribution >= 0.6 is 11.8 Å². The topological polar surface area (TPSA) is 49.3 Å². The normalized spacial score (nSPS) is 15.1. The van der Waals surface area contributed by atoms with Crippen molar-refractivity contribution >= 4 is 17.7 Å². The van der Waals surface area contributed by atoms with Gasteiger partial charge in [0.25, 0.3) is 5.91 Å². The molecular weight excluding hydrogens is 282 g/mol. The van der Waals surface area contributed by atoms with E-state index in [4.69, 9.17) is 5.11 Å². The van der Waals surface area contributed by atoms with E-state index in [0.717, 1.165) is 17.7 Å². The van der Waals surface area contributed by atoms with E-state index < -0.39 is 0 Å². The Kier molecular flexibility index (Phi) is 6.16. The van der Waals surface area contributed by atoms with Crippen molar-refractivity contribution in [2.75, 3.05) is 24.7 Å². The average Bonchev–Trinajstić information content (AvgIpc) is 2.53. The van der Waals surface area contributed by atoms with Gasteiger partial charge in [-0.25, -0.2) is 0 Å². The zero-order chi connectivity index (χ0) is 15.1. The lowest BCUT2D eigenvalue weighted by molar-refractivity contribution is 0.0945.